The maximum absolute atomic E-state index is 11.9. The van der Waals surface area contributed by atoms with Crippen LogP contribution in [0.1, 0.15) is 39.7 Å². The molecule has 6 nitrogen and oxygen atoms in total. The molecule has 1 amide bonds. The number of hydrogen-bond acceptors (Lipinski definition) is 4. The van der Waals surface area contributed by atoms with Crippen LogP contribution in [0.4, 0.5) is 5.69 Å². The second-order valence-electron chi connectivity index (χ2n) is 6.22. The molecule has 3 N–H and O–H groups in total. The number of carbonyl (C=O) groups is 1. The van der Waals surface area contributed by atoms with Gasteiger partial charge in [0.2, 0.25) is 5.91 Å². The number of aryl methyl sites for hydroxylation is 1. The van der Waals surface area contributed by atoms with Gasteiger partial charge in [-0.3, -0.25) is 9.48 Å². The summed E-state index contributed by atoms with van der Waals surface area (Å²) in [5, 5.41) is 7.54. The molecule has 6 heteroatoms. The highest BCUT2D eigenvalue weighted by molar-refractivity contribution is 5.94. The van der Waals surface area contributed by atoms with Gasteiger partial charge in [0.05, 0.1) is 12.7 Å². The Bertz CT molecular complexity index is 710. The molecule has 0 spiro atoms. The summed E-state index contributed by atoms with van der Waals surface area (Å²) in [6.45, 7) is 9.52. The molecule has 1 atom stereocenters. The van der Waals surface area contributed by atoms with Crippen molar-refractivity contribution in [3.05, 3.63) is 36.2 Å². The Labute approximate surface area is 163 Å². The highest BCUT2D eigenvalue weighted by atomic mass is 16.2. The lowest BCUT2D eigenvalue weighted by Crippen LogP contribution is -2.40. The van der Waals surface area contributed by atoms with Crippen LogP contribution in [0.5, 0.6) is 0 Å². The smallest absolute Gasteiger partial charge is 0.224 e. The summed E-state index contributed by atoms with van der Waals surface area (Å²) in [4.78, 5) is 13.9. The van der Waals surface area contributed by atoms with Crippen molar-refractivity contribution < 1.29 is 4.79 Å². The average molecular weight is 374 g/mol. The maximum atomic E-state index is 11.9. The zero-order valence-corrected chi connectivity index (χ0v) is 17.6. The number of hydrogen-bond donors (Lipinski definition) is 2. The average Bonchev–Trinajstić information content (AvgIpc) is 3.17. The van der Waals surface area contributed by atoms with Crippen LogP contribution in [0.2, 0.25) is 0 Å². The molecule has 1 aromatic carbocycles. The zero-order chi connectivity index (χ0) is 20.4. The highest BCUT2D eigenvalue weighted by Crippen LogP contribution is 2.34. The first-order valence-corrected chi connectivity index (χ1v) is 9.78. The molecule has 3 rings (SSSR count). The van der Waals surface area contributed by atoms with Crippen molar-refractivity contribution in [3.63, 3.8) is 0 Å². The van der Waals surface area contributed by atoms with Crippen LogP contribution in [-0.2, 0) is 17.8 Å². The van der Waals surface area contributed by atoms with Crippen LogP contribution in [0.3, 0.4) is 0 Å². The third-order valence-corrected chi connectivity index (χ3v) is 4.51. The van der Waals surface area contributed by atoms with Crippen molar-refractivity contribution in [1.29, 1.82) is 0 Å². The van der Waals surface area contributed by atoms with Crippen molar-refractivity contribution in [3.8, 4) is 11.1 Å². The van der Waals surface area contributed by atoms with E-state index in [-0.39, 0.29) is 11.9 Å². The number of amides is 1. The van der Waals surface area contributed by atoms with Crippen LogP contribution in [0, 0.1) is 0 Å². The highest BCUT2D eigenvalue weighted by Gasteiger charge is 2.26. The Kier molecular flexibility index (Phi) is 9.75. The Hall–Kier alpha value is -2.18. The van der Waals surface area contributed by atoms with Gasteiger partial charge in [0, 0.05) is 37.0 Å². The summed E-state index contributed by atoms with van der Waals surface area (Å²) < 4.78 is 1.95. The number of aromatic nitrogens is 2. The molecule has 2 heterocycles. The predicted octanol–water partition coefficient (Wildman–Crippen LogP) is 3.06. The van der Waals surface area contributed by atoms with Crippen molar-refractivity contribution in [2.24, 2.45) is 5.73 Å². The largest absolute Gasteiger partial charge is 0.333 e. The molecule has 0 bridgehead atoms. The van der Waals surface area contributed by atoms with Crippen molar-refractivity contribution in [2.45, 2.75) is 53.1 Å². The number of fused-ring (bicyclic) bond motifs is 1. The SMILES string of the molecule is CC.CN.CNCCn1cc(-c2ccc3c(c2)CC[C@H](C)N3C(C)=O)cn1. The van der Waals surface area contributed by atoms with E-state index in [4.69, 9.17) is 0 Å². The number of nitrogens with two attached hydrogens (primary N) is 1. The Morgan fingerprint density at radius 3 is 2.63 bits per heavy atom. The lowest BCUT2D eigenvalue weighted by Gasteiger charge is -2.34. The summed E-state index contributed by atoms with van der Waals surface area (Å²) in [5.41, 5.74) is 9.09. The molecule has 0 saturated carbocycles. The zero-order valence-electron chi connectivity index (χ0n) is 17.6. The third kappa shape index (κ3) is 5.65. The molecule has 1 aromatic heterocycles. The minimum Gasteiger partial charge on any atom is -0.333 e. The van der Waals surface area contributed by atoms with Crippen LogP contribution in [0.25, 0.3) is 11.1 Å². The van der Waals surface area contributed by atoms with E-state index in [1.807, 2.05) is 36.7 Å². The van der Waals surface area contributed by atoms with E-state index in [0.717, 1.165) is 42.7 Å². The van der Waals surface area contributed by atoms with E-state index in [0.29, 0.717) is 0 Å². The van der Waals surface area contributed by atoms with Gasteiger partial charge in [-0.15, -0.1) is 0 Å². The lowest BCUT2D eigenvalue weighted by molar-refractivity contribution is -0.117. The van der Waals surface area contributed by atoms with E-state index in [9.17, 15) is 4.79 Å². The van der Waals surface area contributed by atoms with E-state index >= 15 is 0 Å². The van der Waals surface area contributed by atoms with Gasteiger partial charge in [0.25, 0.3) is 0 Å². The van der Waals surface area contributed by atoms with Crippen LogP contribution >= 0.6 is 0 Å². The first-order valence-electron chi connectivity index (χ1n) is 9.78. The number of likely N-dealkylation sites (N-methyl/N-ethyl adjacent to an activating group) is 1. The van der Waals surface area contributed by atoms with Gasteiger partial charge in [-0.2, -0.15) is 5.10 Å². The first kappa shape index (κ1) is 22.9. The molecular weight excluding hydrogens is 338 g/mol. The van der Waals surface area contributed by atoms with E-state index in [1.54, 1.807) is 6.92 Å². The standard InChI is InChI=1S/C18H24N4O.C2H6.CH5N/c1-13-4-5-16-10-15(6-7-18(16)22(13)14(2)23)17-11-20-21(12-17)9-8-19-3;2*1-2/h6-7,10-13,19H,4-5,8-9H2,1-3H3;1-2H3;2H2,1H3/t13-;;/m0../s1. The van der Waals surface area contributed by atoms with Gasteiger partial charge in [-0.05, 0) is 57.1 Å². The van der Waals surface area contributed by atoms with Gasteiger partial charge in [-0.1, -0.05) is 19.9 Å². The summed E-state index contributed by atoms with van der Waals surface area (Å²) in [6.07, 6.45) is 6.01. The Morgan fingerprint density at radius 2 is 2.00 bits per heavy atom. The predicted molar refractivity (Wildman–Crippen MR) is 114 cm³/mol. The third-order valence-electron chi connectivity index (χ3n) is 4.51. The van der Waals surface area contributed by atoms with Crippen molar-refractivity contribution >= 4 is 11.6 Å². The summed E-state index contributed by atoms with van der Waals surface area (Å²) in [7, 11) is 3.44. The molecule has 0 aliphatic carbocycles. The summed E-state index contributed by atoms with van der Waals surface area (Å²) in [6, 6.07) is 6.64. The van der Waals surface area contributed by atoms with Gasteiger partial charge < -0.3 is 16.0 Å². The fraction of sp³-hybridized carbons (Fsp3) is 0.524. The molecular formula is C21H35N5O. The lowest BCUT2D eigenvalue weighted by atomic mass is 9.94. The Morgan fingerprint density at radius 1 is 1.30 bits per heavy atom. The van der Waals surface area contributed by atoms with Crippen molar-refractivity contribution in [2.75, 3.05) is 25.5 Å². The van der Waals surface area contributed by atoms with Gasteiger partial charge in [-0.25, -0.2) is 0 Å². The molecule has 1 aliphatic heterocycles. The summed E-state index contributed by atoms with van der Waals surface area (Å²) in [5.74, 6) is 0.117. The quantitative estimate of drug-likeness (QED) is 0.864. The minimum atomic E-state index is 0.117. The number of rotatable bonds is 4. The Balaban J connectivity index is 0.000000855. The number of anilines is 1. The number of carbonyl (C=O) groups excluding carboxylic acids is 1. The number of nitrogens with one attached hydrogen (secondary N) is 1. The number of benzene rings is 1. The van der Waals surface area contributed by atoms with E-state index in [2.05, 4.69) is 47.5 Å². The monoisotopic (exact) mass is 373 g/mol. The minimum absolute atomic E-state index is 0.117. The molecule has 0 radical (unpaired) electrons. The van der Waals surface area contributed by atoms with Crippen LogP contribution in [0.15, 0.2) is 30.6 Å². The van der Waals surface area contributed by atoms with Crippen LogP contribution < -0.4 is 16.0 Å². The molecule has 0 unspecified atom stereocenters. The molecule has 1 aliphatic rings. The molecule has 150 valence electrons. The van der Waals surface area contributed by atoms with E-state index < -0.39 is 0 Å². The summed E-state index contributed by atoms with van der Waals surface area (Å²) >= 11 is 0. The molecule has 0 saturated heterocycles. The molecule has 2 aromatic rings. The van der Waals surface area contributed by atoms with Gasteiger partial charge in [0.15, 0.2) is 0 Å². The first-order chi connectivity index (χ1) is 13.1. The van der Waals surface area contributed by atoms with Crippen LogP contribution in [-0.4, -0.2) is 42.4 Å². The van der Waals surface area contributed by atoms with Gasteiger partial charge in [0.1, 0.15) is 0 Å². The molecule has 0 fully saturated rings. The maximum Gasteiger partial charge on any atom is 0.224 e. The van der Waals surface area contributed by atoms with Gasteiger partial charge >= 0.3 is 0 Å². The van der Waals surface area contributed by atoms with Crippen molar-refractivity contribution in [1.82, 2.24) is 15.1 Å². The topological polar surface area (TPSA) is 76.2 Å². The fourth-order valence-electron chi connectivity index (χ4n) is 3.27. The second kappa shape index (κ2) is 11.5. The number of nitrogens with zero attached hydrogens (tertiary/aromatic N) is 3. The fourth-order valence-corrected chi connectivity index (χ4v) is 3.27. The normalized spacial score (nSPS) is 15.1. The van der Waals surface area contributed by atoms with E-state index in [1.165, 1.54) is 12.6 Å². The molecule has 27 heavy (non-hydrogen) atoms. The second-order valence-corrected chi connectivity index (χ2v) is 6.22.